The van der Waals surface area contributed by atoms with Crippen molar-refractivity contribution in [3.63, 3.8) is 0 Å². The monoisotopic (exact) mass is 1300 g/mol. The number of phenolic OH excluding ortho intramolecular Hbond substituents is 12. The van der Waals surface area contributed by atoms with Gasteiger partial charge < -0.3 is 153 Å². The molecule has 6 heterocycles. The van der Waals surface area contributed by atoms with Gasteiger partial charge in [-0.1, -0.05) is 0 Å². The lowest BCUT2D eigenvalue weighted by Gasteiger charge is -2.56. The number of fused-ring (bicyclic) bond motifs is 2. The van der Waals surface area contributed by atoms with Crippen LogP contribution in [-0.2, 0) is 26.5 Å². The number of nitrogens with two attached hydrogens (primary N) is 2. The third-order valence-corrected chi connectivity index (χ3v) is 15.5. The molecule has 42 heteroatoms. The number of amides is 6. The minimum Gasteiger partial charge on any atom is -0.503 e. The highest BCUT2D eigenvalue weighted by Gasteiger charge is 2.83. The van der Waals surface area contributed by atoms with Crippen LogP contribution in [0.15, 0.2) is 24.3 Å². The normalized spacial score (nSPS) is 19.7. The molecular weight excluding hydrogens is 1250 g/mol. The van der Waals surface area contributed by atoms with Gasteiger partial charge in [-0.2, -0.15) is 10.2 Å². The van der Waals surface area contributed by atoms with E-state index in [2.05, 4.69) is 19.7 Å². The molecule has 92 heavy (non-hydrogen) atoms. The number of aromatic hydroxyl groups is 12. The van der Waals surface area contributed by atoms with Gasteiger partial charge in [0.15, 0.2) is 75.6 Å². The molecule has 6 amide bonds. The van der Waals surface area contributed by atoms with Crippen LogP contribution in [-0.4, -0.2) is 229 Å². The number of hydrogen-bond donors (Lipinski definition) is 25. The zero-order valence-electron chi connectivity index (χ0n) is 46.0. The Morgan fingerprint density at radius 3 is 1.43 bits per heavy atom. The molecule has 27 N–H and O–H groups in total. The predicted octanol–water partition coefficient (Wildman–Crippen LogP) is -7.02. The van der Waals surface area contributed by atoms with Crippen molar-refractivity contribution in [1.29, 1.82) is 0 Å². The van der Waals surface area contributed by atoms with E-state index in [-0.39, 0.29) is 34.8 Å². The van der Waals surface area contributed by atoms with E-state index in [1.165, 1.54) is 12.1 Å². The maximum Gasteiger partial charge on any atom is 0.317 e. The fraction of sp³-hybridized carbons (Fsp3) is 0.280. The first-order valence-electron chi connectivity index (χ1n) is 25.7. The average Bonchev–Trinajstić information content (AvgIpc) is 0.900. The number of benzene rings is 4. The lowest BCUT2D eigenvalue weighted by atomic mass is 9.85. The number of aliphatic hydroxyl groups is 11. The number of carbonyl (C=O) groups excluding carboxylic acids is 6. The van der Waals surface area contributed by atoms with Crippen molar-refractivity contribution in [2.24, 2.45) is 11.5 Å². The molecule has 1 atom stereocenters. The van der Waals surface area contributed by atoms with Crippen LogP contribution in [0.3, 0.4) is 0 Å². The van der Waals surface area contributed by atoms with Crippen molar-refractivity contribution in [3.8, 4) is 91.9 Å². The van der Waals surface area contributed by atoms with Gasteiger partial charge in [0.25, 0.3) is 41.1 Å². The standard InChI is InChI=1S/C50H48N10O32/c1-90-38-34(70)30(66)25(31(67)35(38)71)60-21-17(19(54-60)41(52)75)45(79,80)49(86,87)57(43(21)77)22-26(62)28(64)23(29(65)27(22)63)58-44(78)46(81,82)47(83,84)48(85,50(58,88)89)92-12-91-39-36(72)32(68)24(33(69)37(39)73)59-20-15(18(53-59)40(51)74)9-11-56(42(20)76)14-7-5-13(6-8-14)55-10-3-2-4-16(55)61/h5-8,62-73,79-89H,2-4,9-12H2,1H3,(H2,51,74)(H2,52,75). The molecule has 2 aromatic heterocycles. The smallest absolute Gasteiger partial charge is 0.317 e. The van der Waals surface area contributed by atoms with E-state index >= 15 is 0 Å². The highest BCUT2D eigenvalue weighted by atomic mass is 16.8. The quantitative estimate of drug-likeness (QED) is 0.0290. The van der Waals surface area contributed by atoms with Gasteiger partial charge in [0.2, 0.25) is 40.4 Å². The Morgan fingerprint density at radius 2 is 0.957 bits per heavy atom. The van der Waals surface area contributed by atoms with E-state index in [1.807, 2.05) is 0 Å². The summed E-state index contributed by atoms with van der Waals surface area (Å²) in [4.78, 5) is 80.9. The van der Waals surface area contributed by atoms with Crippen LogP contribution in [0.2, 0.25) is 0 Å². The first-order chi connectivity index (χ1) is 42.6. The molecule has 10 rings (SSSR count). The maximum absolute atomic E-state index is 14.6. The van der Waals surface area contributed by atoms with E-state index in [0.717, 1.165) is 18.4 Å². The number of ether oxygens (including phenoxy) is 3. The zero-order valence-corrected chi connectivity index (χ0v) is 46.0. The molecule has 0 radical (unpaired) electrons. The molecule has 4 aromatic carbocycles. The Hall–Kier alpha value is -11.2. The van der Waals surface area contributed by atoms with Gasteiger partial charge in [-0.05, 0) is 43.5 Å². The van der Waals surface area contributed by atoms with Gasteiger partial charge in [-0.25, -0.2) is 19.2 Å². The Bertz CT molecular complexity index is 4160. The van der Waals surface area contributed by atoms with Gasteiger partial charge in [-0.15, -0.1) is 0 Å². The molecule has 0 spiro atoms. The Kier molecular flexibility index (Phi) is 14.4. The van der Waals surface area contributed by atoms with Gasteiger partial charge in [-0.3, -0.25) is 28.8 Å². The van der Waals surface area contributed by atoms with Crippen molar-refractivity contribution in [3.05, 3.63) is 58.2 Å². The number of phenols is 12. The number of nitrogens with zero attached hydrogens (tertiary/aromatic N) is 8. The minimum atomic E-state index is -5.36. The lowest BCUT2D eigenvalue weighted by molar-refractivity contribution is -0.517. The number of rotatable bonds is 13. The number of carbonyl (C=O) groups is 6. The Morgan fingerprint density at radius 1 is 0.511 bits per heavy atom. The Balaban J connectivity index is 1.01. The largest absolute Gasteiger partial charge is 0.503 e. The third-order valence-electron chi connectivity index (χ3n) is 15.5. The second-order valence-electron chi connectivity index (χ2n) is 20.6. The molecule has 2 saturated heterocycles. The second kappa shape index (κ2) is 20.7. The third kappa shape index (κ3) is 8.30. The number of primary amides is 2. The zero-order chi connectivity index (χ0) is 68.3. The summed E-state index contributed by atoms with van der Waals surface area (Å²) >= 11 is 0. The summed E-state index contributed by atoms with van der Waals surface area (Å²) in [6.45, 7) is -1.97. The topological polar surface area (TPSA) is 696 Å². The van der Waals surface area contributed by atoms with Gasteiger partial charge in [0.05, 0.1) is 12.7 Å². The number of methoxy groups -OCH3 is 1. The van der Waals surface area contributed by atoms with Crippen LogP contribution in [0.5, 0.6) is 80.5 Å². The molecule has 0 aliphatic carbocycles. The van der Waals surface area contributed by atoms with E-state index in [9.17, 15) is 146 Å². The molecule has 42 nitrogen and oxygen atoms in total. The van der Waals surface area contributed by atoms with Crippen LogP contribution in [0.4, 0.5) is 22.7 Å². The van der Waals surface area contributed by atoms with Crippen LogP contribution in [0, 0.1) is 0 Å². The molecule has 2 fully saturated rings. The van der Waals surface area contributed by atoms with E-state index in [0.29, 0.717) is 29.8 Å². The van der Waals surface area contributed by atoms with Crippen molar-refractivity contribution in [2.45, 2.75) is 60.7 Å². The van der Waals surface area contributed by atoms with Crippen molar-refractivity contribution in [2.75, 3.05) is 46.6 Å². The molecule has 0 bridgehead atoms. The molecule has 4 aliphatic rings. The minimum absolute atomic E-state index is 0.139. The van der Waals surface area contributed by atoms with Crippen molar-refractivity contribution >= 4 is 58.2 Å². The summed E-state index contributed by atoms with van der Waals surface area (Å²) in [5.74, 6) is -66.7. The van der Waals surface area contributed by atoms with Crippen LogP contribution in [0.25, 0.3) is 11.4 Å². The summed E-state index contributed by atoms with van der Waals surface area (Å²) in [5.41, 5.74) is -2.59. The molecular formula is C50H48N10O32. The first-order valence-corrected chi connectivity index (χ1v) is 25.7. The molecule has 4 aliphatic heterocycles. The maximum atomic E-state index is 14.6. The van der Waals surface area contributed by atoms with Crippen LogP contribution >= 0.6 is 0 Å². The predicted molar refractivity (Wildman–Crippen MR) is 286 cm³/mol. The molecule has 1 unspecified atom stereocenters. The lowest BCUT2D eigenvalue weighted by Crippen LogP contribution is -2.89. The summed E-state index contributed by atoms with van der Waals surface area (Å²) in [6, 6.07) is 6.05. The number of hydrogen-bond acceptors (Lipinski definition) is 34. The molecule has 6 aromatic rings. The number of anilines is 4. The summed E-state index contributed by atoms with van der Waals surface area (Å²) in [5, 5.41) is 266. The second-order valence-corrected chi connectivity index (χ2v) is 20.6. The highest BCUT2D eigenvalue weighted by Crippen LogP contribution is 2.63. The van der Waals surface area contributed by atoms with E-state index in [1.54, 1.807) is 17.0 Å². The van der Waals surface area contributed by atoms with Crippen LogP contribution < -0.4 is 40.5 Å². The fourth-order valence-electron chi connectivity index (χ4n) is 10.8. The van der Waals surface area contributed by atoms with Crippen molar-refractivity contribution < 1.29 is 160 Å². The number of piperidine rings is 2. The van der Waals surface area contributed by atoms with Gasteiger partial charge in [0.1, 0.15) is 22.8 Å². The van der Waals surface area contributed by atoms with Gasteiger partial charge in [0, 0.05) is 36.4 Å². The van der Waals surface area contributed by atoms with Crippen molar-refractivity contribution in [1.82, 2.24) is 19.6 Å². The van der Waals surface area contributed by atoms with E-state index < -0.39 is 213 Å². The van der Waals surface area contributed by atoms with E-state index in [4.69, 9.17) is 16.2 Å². The summed E-state index contributed by atoms with van der Waals surface area (Å²) in [7, 11) is 0.773. The SMILES string of the molecule is COc1c(O)c(O)c(-n2nc(C(N)=O)c3c2C(=O)N(c2c(O)c(O)c(N4C(=O)C(O)(O)C(O)(O)C(O)(OCOc5c(O)c(O)c(-n6nc(C(N)=O)c7c6C(=O)N(c6ccc(N8CCCCC8=O)cc6)CC7)c(O)c5O)C4(O)O)c(O)c2O)C(O)(O)C3(O)O)c(O)c1O. The number of aromatic nitrogens is 4. The molecule has 490 valence electrons. The highest BCUT2D eigenvalue weighted by molar-refractivity contribution is 6.15. The molecule has 0 saturated carbocycles. The van der Waals surface area contributed by atoms with Crippen LogP contribution in [0.1, 0.15) is 72.3 Å². The summed E-state index contributed by atoms with van der Waals surface area (Å²) < 4.78 is 14.3. The average molecular weight is 1300 g/mol. The van der Waals surface area contributed by atoms with Gasteiger partial charge >= 0.3 is 23.4 Å². The summed E-state index contributed by atoms with van der Waals surface area (Å²) in [6.07, 6.45) is 1.53. The fourth-order valence-corrected chi connectivity index (χ4v) is 10.8. The first kappa shape index (κ1) is 63.8. The Labute approximate surface area is 506 Å².